The zero-order chi connectivity index (χ0) is 11.3. The molecule has 5 heteroatoms. The van der Waals surface area contributed by atoms with Crippen molar-refractivity contribution in [3.8, 4) is 0 Å². The van der Waals surface area contributed by atoms with Gasteiger partial charge >= 0.3 is 0 Å². The zero-order valence-electron chi connectivity index (χ0n) is 8.01. The van der Waals surface area contributed by atoms with Crippen molar-refractivity contribution in [2.45, 2.75) is 0 Å². The van der Waals surface area contributed by atoms with Gasteiger partial charge in [-0.15, -0.1) is 0 Å². The van der Waals surface area contributed by atoms with Crippen LogP contribution in [0.1, 0.15) is 5.56 Å². The summed E-state index contributed by atoms with van der Waals surface area (Å²) in [6.07, 6.45) is 2.98. The van der Waals surface area contributed by atoms with Gasteiger partial charge in [-0.2, -0.15) is 0 Å². The highest BCUT2D eigenvalue weighted by Crippen LogP contribution is 2.16. The number of non-ortho nitro benzene ring substituents is 1. The number of nitro groups is 1. The third kappa shape index (κ3) is 2.84. The average molecular weight is 205 g/mol. The second-order valence-corrected chi connectivity index (χ2v) is 2.78. The summed E-state index contributed by atoms with van der Waals surface area (Å²) in [5, 5.41) is 13.2. The van der Waals surface area contributed by atoms with Crippen LogP contribution in [-0.4, -0.2) is 4.92 Å². The van der Waals surface area contributed by atoms with Crippen molar-refractivity contribution >= 4 is 11.4 Å². The average Bonchev–Trinajstić information content (AvgIpc) is 2.26. The Morgan fingerprint density at radius 1 is 1.60 bits per heavy atom. The van der Waals surface area contributed by atoms with E-state index in [2.05, 4.69) is 11.9 Å². The molecule has 0 heterocycles. The van der Waals surface area contributed by atoms with Crippen molar-refractivity contribution in [1.29, 1.82) is 0 Å². The van der Waals surface area contributed by atoms with Crippen LogP contribution < -0.4 is 11.1 Å². The summed E-state index contributed by atoms with van der Waals surface area (Å²) in [4.78, 5) is 10.0. The lowest BCUT2D eigenvalue weighted by Gasteiger charge is -2.01. The summed E-state index contributed by atoms with van der Waals surface area (Å²) in [6, 6.07) is 6.11. The number of nitrogens with one attached hydrogen (secondary N) is 1. The van der Waals surface area contributed by atoms with Crippen LogP contribution in [0.4, 0.5) is 5.69 Å². The molecule has 0 atom stereocenters. The molecular weight excluding hydrogens is 194 g/mol. The molecule has 1 rings (SSSR count). The minimum Gasteiger partial charge on any atom is -0.397 e. The van der Waals surface area contributed by atoms with Gasteiger partial charge in [0, 0.05) is 23.9 Å². The molecule has 0 fully saturated rings. The van der Waals surface area contributed by atoms with Gasteiger partial charge in [0.2, 0.25) is 0 Å². The summed E-state index contributed by atoms with van der Waals surface area (Å²) < 4.78 is 0. The molecule has 15 heavy (non-hydrogen) atoms. The van der Waals surface area contributed by atoms with Crippen molar-refractivity contribution in [2.75, 3.05) is 0 Å². The molecule has 5 nitrogen and oxygen atoms in total. The van der Waals surface area contributed by atoms with Gasteiger partial charge < -0.3 is 11.1 Å². The van der Waals surface area contributed by atoms with E-state index < -0.39 is 4.92 Å². The molecule has 0 aliphatic heterocycles. The minimum absolute atomic E-state index is 0.0162. The van der Waals surface area contributed by atoms with Crippen LogP contribution in [0.15, 0.2) is 43.2 Å². The van der Waals surface area contributed by atoms with E-state index in [1.165, 1.54) is 24.5 Å². The van der Waals surface area contributed by atoms with Crippen molar-refractivity contribution in [1.82, 2.24) is 5.32 Å². The fourth-order valence-electron chi connectivity index (χ4n) is 1.03. The molecule has 1 aromatic carbocycles. The van der Waals surface area contributed by atoms with Gasteiger partial charge in [0.15, 0.2) is 0 Å². The largest absolute Gasteiger partial charge is 0.397 e. The highest BCUT2D eigenvalue weighted by Gasteiger charge is 2.06. The van der Waals surface area contributed by atoms with Crippen LogP contribution in [-0.2, 0) is 0 Å². The standard InChI is InChI=1S/C10H11N3O2/c1-2-12-7-10(11)8-4-3-5-9(6-8)13(14)15/h2-7,12H,1,11H2/b10-7-. The number of nitrogens with zero attached hydrogens (tertiary/aromatic N) is 1. The fourth-order valence-corrected chi connectivity index (χ4v) is 1.03. The summed E-state index contributed by atoms with van der Waals surface area (Å²) in [7, 11) is 0. The Balaban J connectivity index is 2.99. The summed E-state index contributed by atoms with van der Waals surface area (Å²) >= 11 is 0. The molecule has 0 bridgehead atoms. The van der Waals surface area contributed by atoms with Crippen LogP contribution in [0, 0.1) is 10.1 Å². The molecule has 1 aromatic rings. The second kappa shape index (κ2) is 4.80. The predicted octanol–water partition coefficient (Wildman–Crippen LogP) is 1.58. The number of hydrogen-bond acceptors (Lipinski definition) is 4. The number of nitrogens with two attached hydrogens (primary N) is 1. The summed E-state index contributed by atoms with van der Waals surface area (Å²) in [6.45, 7) is 3.45. The Labute approximate surface area is 87.1 Å². The van der Waals surface area contributed by atoms with Gasteiger partial charge in [0.25, 0.3) is 5.69 Å². The maximum atomic E-state index is 10.5. The van der Waals surface area contributed by atoms with Crippen LogP contribution in [0.2, 0.25) is 0 Å². The van der Waals surface area contributed by atoms with Crippen LogP contribution in [0.25, 0.3) is 5.70 Å². The summed E-state index contributed by atoms with van der Waals surface area (Å²) in [5.41, 5.74) is 6.71. The van der Waals surface area contributed by atoms with Gasteiger partial charge in [-0.05, 0) is 6.20 Å². The van der Waals surface area contributed by atoms with Crippen molar-refractivity contribution in [3.05, 3.63) is 58.9 Å². The first-order chi connectivity index (χ1) is 7.15. The molecule has 0 radical (unpaired) electrons. The molecule has 0 amide bonds. The lowest BCUT2D eigenvalue weighted by molar-refractivity contribution is -0.384. The molecule has 0 unspecified atom stereocenters. The van der Waals surface area contributed by atoms with Crippen molar-refractivity contribution in [3.63, 3.8) is 0 Å². The normalized spacial score (nSPS) is 10.8. The molecule has 3 N–H and O–H groups in total. The zero-order valence-corrected chi connectivity index (χ0v) is 8.01. The van der Waals surface area contributed by atoms with Gasteiger partial charge in [-0.3, -0.25) is 10.1 Å². The molecule has 0 spiro atoms. The van der Waals surface area contributed by atoms with Gasteiger partial charge in [-0.1, -0.05) is 18.7 Å². The van der Waals surface area contributed by atoms with E-state index in [-0.39, 0.29) is 5.69 Å². The highest BCUT2D eigenvalue weighted by atomic mass is 16.6. The van der Waals surface area contributed by atoms with Gasteiger partial charge in [0.05, 0.1) is 10.6 Å². The Morgan fingerprint density at radius 3 is 2.93 bits per heavy atom. The Bertz CT molecular complexity index is 413. The molecule has 0 saturated heterocycles. The molecule has 0 saturated carbocycles. The van der Waals surface area contributed by atoms with E-state index in [0.29, 0.717) is 11.3 Å². The SMILES string of the molecule is C=CN/C=C(\N)c1cccc([N+](=O)[O-])c1. The highest BCUT2D eigenvalue weighted by molar-refractivity contribution is 5.64. The van der Waals surface area contributed by atoms with Crippen molar-refractivity contribution < 1.29 is 4.92 Å². The first-order valence-electron chi connectivity index (χ1n) is 4.22. The lowest BCUT2D eigenvalue weighted by atomic mass is 10.1. The van der Waals surface area contributed by atoms with Crippen LogP contribution in [0.5, 0.6) is 0 Å². The molecule has 0 aromatic heterocycles. The van der Waals surface area contributed by atoms with Crippen LogP contribution in [0.3, 0.4) is 0 Å². The molecule has 0 aliphatic rings. The maximum absolute atomic E-state index is 10.5. The van der Waals surface area contributed by atoms with Gasteiger partial charge in [0.1, 0.15) is 0 Å². The third-order valence-electron chi connectivity index (χ3n) is 1.75. The topological polar surface area (TPSA) is 81.2 Å². The quantitative estimate of drug-likeness (QED) is 0.577. The van der Waals surface area contributed by atoms with Gasteiger partial charge in [-0.25, -0.2) is 0 Å². The second-order valence-electron chi connectivity index (χ2n) is 2.78. The van der Waals surface area contributed by atoms with E-state index in [1.807, 2.05) is 0 Å². The lowest BCUT2D eigenvalue weighted by Crippen LogP contribution is -2.02. The number of nitro benzene ring substituents is 1. The first-order valence-corrected chi connectivity index (χ1v) is 4.22. The number of rotatable bonds is 4. The Kier molecular flexibility index (Phi) is 3.45. The monoisotopic (exact) mass is 205 g/mol. The Morgan fingerprint density at radius 2 is 2.33 bits per heavy atom. The van der Waals surface area contributed by atoms with E-state index in [9.17, 15) is 10.1 Å². The molecule has 0 aliphatic carbocycles. The third-order valence-corrected chi connectivity index (χ3v) is 1.75. The fraction of sp³-hybridized carbons (Fsp3) is 0. The van der Waals surface area contributed by atoms with E-state index in [1.54, 1.807) is 12.1 Å². The van der Waals surface area contributed by atoms with Crippen LogP contribution >= 0.6 is 0 Å². The first kappa shape index (κ1) is 10.8. The predicted molar refractivity (Wildman–Crippen MR) is 58.6 cm³/mol. The van der Waals surface area contributed by atoms with E-state index >= 15 is 0 Å². The Hall–Kier alpha value is -2.30. The van der Waals surface area contributed by atoms with Crippen molar-refractivity contribution in [2.24, 2.45) is 5.73 Å². The number of benzene rings is 1. The van der Waals surface area contributed by atoms with E-state index in [0.717, 1.165) is 0 Å². The smallest absolute Gasteiger partial charge is 0.270 e. The molecular formula is C10H11N3O2. The minimum atomic E-state index is -0.461. The number of hydrogen-bond donors (Lipinski definition) is 2. The molecule has 78 valence electrons. The van der Waals surface area contributed by atoms with E-state index in [4.69, 9.17) is 5.73 Å². The maximum Gasteiger partial charge on any atom is 0.270 e. The summed E-state index contributed by atoms with van der Waals surface area (Å²) in [5.74, 6) is 0.